The highest BCUT2D eigenvalue weighted by atomic mass is 16.5. The van der Waals surface area contributed by atoms with Gasteiger partial charge in [0.05, 0.1) is 26.4 Å². The molecule has 25 heavy (non-hydrogen) atoms. The molecule has 1 aliphatic carbocycles. The highest BCUT2D eigenvalue weighted by Crippen LogP contribution is 2.28. The van der Waals surface area contributed by atoms with Crippen LogP contribution in [0.15, 0.2) is 35.9 Å². The summed E-state index contributed by atoms with van der Waals surface area (Å²) in [5.41, 5.74) is 1.24. The Bertz CT molecular complexity index is 622. The van der Waals surface area contributed by atoms with E-state index in [1.54, 1.807) is 20.1 Å². The molecule has 1 aromatic carbocycles. The maximum absolute atomic E-state index is 11.7. The Balaban J connectivity index is 1.79. The van der Waals surface area contributed by atoms with Crippen LogP contribution in [-0.4, -0.2) is 25.8 Å². The summed E-state index contributed by atoms with van der Waals surface area (Å²) < 4.78 is 16.0. The summed E-state index contributed by atoms with van der Waals surface area (Å²) in [5, 5.41) is 9.10. The summed E-state index contributed by atoms with van der Waals surface area (Å²) in [6, 6.07) is 9.82. The third kappa shape index (κ3) is 5.91. The van der Waals surface area contributed by atoms with Gasteiger partial charge in [-0.05, 0) is 56.2 Å². The number of nitrogens with zero attached hydrogens (tertiary/aromatic N) is 1. The van der Waals surface area contributed by atoms with Gasteiger partial charge in [0.2, 0.25) is 0 Å². The van der Waals surface area contributed by atoms with Crippen molar-refractivity contribution in [1.82, 2.24) is 0 Å². The number of nitriles is 1. The van der Waals surface area contributed by atoms with Gasteiger partial charge in [-0.15, -0.1) is 0 Å². The number of benzene rings is 1. The molecule has 1 fully saturated rings. The fourth-order valence-electron chi connectivity index (χ4n) is 2.95. The lowest BCUT2D eigenvalue weighted by molar-refractivity contribution is -0.138. The van der Waals surface area contributed by atoms with E-state index in [1.165, 1.54) is 0 Å². The fourth-order valence-corrected chi connectivity index (χ4v) is 2.95. The van der Waals surface area contributed by atoms with Gasteiger partial charge < -0.3 is 14.2 Å². The number of rotatable bonds is 7. The van der Waals surface area contributed by atoms with Gasteiger partial charge in [0.25, 0.3) is 0 Å². The summed E-state index contributed by atoms with van der Waals surface area (Å²) in [6.07, 6.45) is 5.67. The first kappa shape index (κ1) is 19.0. The number of ether oxygens (including phenoxy) is 3. The third-order valence-corrected chi connectivity index (χ3v) is 4.38. The highest BCUT2D eigenvalue weighted by Gasteiger charge is 2.22. The number of methoxy groups -OCH3 is 1. The molecule has 1 saturated carbocycles. The molecule has 0 heterocycles. The van der Waals surface area contributed by atoms with Crippen molar-refractivity contribution in [3.63, 3.8) is 0 Å². The van der Waals surface area contributed by atoms with E-state index >= 15 is 0 Å². The molecule has 0 aromatic heterocycles. The molecule has 0 radical (unpaired) electrons. The average Bonchev–Trinajstić information content (AvgIpc) is 2.66. The van der Waals surface area contributed by atoms with Crippen molar-refractivity contribution in [3.8, 4) is 11.8 Å². The third-order valence-electron chi connectivity index (χ3n) is 4.38. The molecule has 0 amide bonds. The summed E-state index contributed by atoms with van der Waals surface area (Å²) >= 11 is 0. The maximum Gasteiger partial charge on any atom is 0.348 e. The summed E-state index contributed by atoms with van der Waals surface area (Å²) in [6.45, 7) is 2.60. The molecule has 1 aromatic rings. The second kappa shape index (κ2) is 9.85. The van der Waals surface area contributed by atoms with Gasteiger partial charge in [0.1, 0.15) is 17.4 Å². The monoisotopic (exact) mass is 343 g/mol. The summed E-state index contributed by atoms with van der Waals surface area (Å²) in [4.78, 5) is 11.7. The lowest BCUT2D eigenvalue weighted by Gasteiger charge is -2.27. The minimum Gasteiger partial charge on any atom is -0.497 e. The van der Waals surface area contributed by atoms with Gasteiger partial charge in [-0.1, -0.05) is 18.2 Å². The second-order valence-electron chi connectivity index (χ2n) is 6.11. The largest absolute Gasteiger partial charge is 0.497 e. The number of allylic oxidation sites excluding steroid dienone is 1. The van der Waals surface area contributed by atoms with E-state index < -0.39 is 5.97 Å². The van der Waals surface area contributed by atoms with Crippen LogP contribution in [0.3, 0.4) is 0 Å². The van der Waals surface area contributed by atoms with Crippen LogP contribution in [0.5, 0.6) is 5.75 Å². The van der Waals surface area contributed by atoms with Crippen LogP contribution in [0.4, 0.5) is 0 Å². The van der Waals surface area contributed by atoms with E-state index in [4.69, 9.17) is 19.5 Å². The molecule has 5 heteroatoms. The number of esters is 1. The average molecular weight is 343 g/mol. The Kier molecular flexibility index (Phi) is 7.49. The predicted molar refractivity (Wildman–Crippen MR) is 93.9 cm³/mol. The molecular formula is C20H25NO4. The molecule has 0 unspecified atom stereocenters. The Hall–Kier alpha value is -2.32. The van der Waals surface area contributed by atoms with Gasteiger partial charge in [-0.25, -0.2) is 4.79 Å². The van der Waals surface area contributed by atoms with Crippen LogP contribution in [0.2, 0.25) is 0 Å². The fraction of sp³-hybridized carbons (Fsp3) is 0.500. The molecular weight excluding hydrogens is 318 g/mol. The van der Waals surface area contributed by atoms with E-state index in [9.17, 15) is 4.79 Å². The van der Waals surface area contributed by atoms with Crippen LogP contribution < -0.4 is 4.74 Å². The number of carbonyl (C=O) groups excluding carboxylic acids is 1. The Labute approximate surface area is 149 Å². The van der Waals surface area contributed by atoms with Crippen molar-refractivity contribution in [1.29, 1.82) is 5.26 Å². The van der Waals surface area contributed by atoms with Crippen LogP contribution in [0.25, 0.3) is 0 Å². The summed E-state index contributed by atoms with van der Waals surface area (Å²) in [5.74, 6) is 0.550. The van der Waals surface area contributed by atoms with Crippen molar-refractivity contribution >= 4 is 5.97 Å². The minimum absolute atomic E-state index is 0.115. The molecule has 0 N–H and O–H groups in total. The van der Waals surface area contributed by atoms with E-state index in [-0.39, 0.29) is 24.2 Å². The quantitative estimate of drug-likeness (QED) is 0.428. The van der Waals surface area contributed by atoms with E-state index in [0.29, 0.717) is 6.61 Å². The minimum atomic E-state index is -0.525. The first-order chi connectivity index (χ1) is 12.2. The molecule has 0 spiro atoms. The van der Waals surface area contributed by atoms with Crippen molar-refractivity contribution in [2.45, 2.75) is 45.3 Å². The van der Waals surface area contributed by atoms with Crippen LogP contribution >= 0.6 is 0 Å². The Morgan fingerprint density at radius 3 is 2.48 bits per heavy atom. The van der Waals surface area contributed by atoms with Gasteiger partial charge in [0, 0.05) is 0 Å². The van der Waals surface area contributed by atoms with E-state index in [1.807, 2.05) is 30.3 Å². The number of hydrogen-bond acceptors (Lipinski definition) is 5. The standard InChI is InChI=1S/C20H25NO4/c1-3-24-20(22)17(13-21)12-15-4-10-19(11-5-15)25-14-16-6-8-18(23-2)9-7-16/h6-9,12,15,19H,3-5,10-11,14H2,1-2H3/b17-12-. The van der Waals surface area contributed by atoms with Crippen molar-refractivity contribution in [2.24, 2.45) is 5.92 Å². The van der Waals surface area contributed by atoms with E-state index in [0.717, 1.165) is 37.0 Å². The lowest BCUT2D eigenvalue weighted by atomic mass is 9.86. The smallest absolute Gasteiger partial charge is 0.348 e. The molecule has 0 aliphatic heterocycles. The topological polar surface area (TPSA) is 68.6 Å². The van der Waals surface area contributed by atoms with Gasteiger partial charge in [-0.2, -0.15) is 5.26 Å². The molecule has 5 nitrogen and oxygen atoms in total. The first-order valence-electron chi connectivity index (χ1n) is 8.69. The van der Waals surface area contributed by atoms with Crippen LogP contribution in [0.1, 0.15) is 38.2 Å². The normalized spacial score (nSPS) is 20.6. The van der Waals surface area contributed by atoms with E-state index in [2.05, 4.69) is 0 Å². The number of hydrogen-bond donors (Lipinski definition) is 0. The SMILES string of the molecule is CCOC(=O)/C(C#N)=C\C1CCC(OCc2ccc(OC)cc2)CC1. The maximum atomic E-state index is 11.7. The van der Waals surface area contributed by atoms with Crippen molar-refractivity contribution < 1.29 is 19.0 Å². The van der Waals surface area contributed by atoms with Gasteiger partial charge >= 0.3 is 5.97 Å². The van der Waals surface area contributed by atoms with Crippen molar-refractivity contribution in [2.75, 3.05) is 13.7 Å². The first-order valence-corrected chi connectivity index (χ1v) is 8.69. The molecule has 2 rings (SSSR count). The zero-order chi connectivity index (χ0) is 18.1. The number of carbonyl (C=O) groups is 1. The molecule has 0 bridgehead atoms. The lowest BCUT2D eigenvalue weighted by Crippen LogP contribution is -2.21. The molecule has 0 atom stereocenters. The van der Waals surface area contributed by atoms with Crippen LogP contribution in [-0.2, 0) is 20.9 Å². The van der Waals surface area contributed by atoms with Gasteiger partial charge in [0.15, 0.2) is 0 Å². The van der Waals surface area contributed by atoms with Gasteiger partial charge in [-0.3, -0.25) is 0 Å². The zero-order valence-corrected chi connectivity index (χ0v) is 14.9. The molecule has 134 valence electrons. The predicted octanol–water partition coefficient (Wildman–Crippen LogP) is 3.78. The molecule has 1 aliphatic rings. The highest BCUT2D eigenvalue weighted by molar-refractivity contribution is 5.92. The van der Waals surface area contributed by atoms with Crippen molar-refractivity contribution in [3.05, 3.63) is 41.5 Å². The Morgan fingerprint density at radius 2 is 1.92 bits per heavy atom. The van der Waals surface area contributed by atoms with Crippen LogP contribution in [0, 0.1) is 17.2 Å². The summed E-state index contributed by atoms with van der Waals surface area (Å²) in [7, 11) is 1.65. The molecule has 0 saturated heterocycles. The zero-order valence-electron chi connectivity index (χ0n) is 14.9. The second-order valence-corrected chi connectivity index (χ2v) is 6.11. The Morgan fingerprint density at radius 1 is 1.24 bits per heavy atom.